The van der Waals surface area contributed by atoms with Gasteiger partial charge in [0.1, 0.15) is 0 Å². The van der Waals surface area contributed by atoms with E-state index in [0.717, 1.165) is 50.4 Å². The summed E-state index contributed by atoms with van der Waals surface area (Å²) < 4.78 is 11.6. The van der Waals surface area contributed by atoms with E-state index in [-0.39, 0.29) is 5.54 Å². The van der Waals surface area contributed by atoms with Gasteiger partial charge in [-0.15, -0.1) is 0 Å². The van der Waals surface area contributed by atoms with E-state index in [1.807, 2.05) is 0 Å². The molecule has 0 unspecified atom stereocenters. The van der Waals surface area contributed by atoms with Crippen molar-refractivity contribution in [3.05, 3.63) is 23.3 Å². The molecule has 0 radical (unpaired) electrons. The normalized spacial score (nSPS) is 20.2. The van der Waals surface area contributed by atoms with Gasteiger partial charge in [-0.2, -0.15) is 0 Å². The maximum Gasteiger partial charge on any atom is 0.161 e. The van der Waals surface area contributed by atoms with Crippen LogP contribution >= 0.6 is 0 Å². The maximum atomic E-state index is 6.28. The summed E-state index contributed by atoms with van der Waals surface area (Å²) in [6.45, 7) is 5.92. The van der Waals surface area contributed by atoms with Gasteiger partial charge in [0.15, 0.2) is 11.5 Å². The number of fused-ring (bicyclic) bond motifs is 1. The van der Waals surface area contributed by atoms with Gasteiger partial charge in [0.05, 0.1) is 13.2 Å². The van der Waals surface area contributed by atoms with Gasteiger partial charge in [0.2, 0.25) is 0 Å². The molecule has 1 aromatic carbocycles. The van der Waals surface area contributed by atoms with E-state index in [9.17, 15) is 0 Å². The fourth-order valence-corrected chi connectivity index (χ4v) is 2.67. The van der Waals surface area contributed by atoms with Crippen molar-refractivity contribution in [1.29, 1.82) is 0 Å². The Balaban J connectivity index is 1.98. The maximum absolute atomic E-state index is 6.28. The van der Waals surface area contributed by atoms with E-state index in [2.05, 4.69) is 26.0 Å². The molecule has 0 aromatic heterocycles. The van der Waals surface area contributed by atoms with Crippen LogP contribution in [-0.2, 0) is 6.42 Å². The molecule has 1 aliphatic carbocycles. The standard InChI is InChI=1S/C16H23NO2/c1-11(2)13-9-15-14(18-6-3-7-19-15)8-12(13)10-16(17)4-5-16/h8-9,11H,3-7,10,17H2,1-2H3. The van der Waals surface area contributed by atoms with Crippen LogP contribution in [0.5, 0.6) is 11.5 Å². The highest BCUT2D eigenvalue weighted by molar-refractivity contribution is 5.49. The van der Waals surface area contributed by atoms with Gasteiger partial charge in [0, 0.05) is 12.0 Å². The molecular weight excluding hydrogens is 238 g/mol. The SMILES string of the molecule is CC(C)c1cc2c(cc1CC1(N)CC1)OCCCO2. The van der Waals surface area contributed by atoms with E-state index in [4.69, 9.17) is 15.2 Å². The molecule has 0 bridgehead atoms. The summed E-state index contributed by atoms with van der Waals surface area (Å²) in [6.07, 6.45) is 4.18. The summed E-state index contributed by atoms with van der Waals surface area (Å²) in [7, 11) is 0. The lowest BCUT2D eigenvalue weighted by Crippen LogP contribution is -2.25. The van der Waals surface area contributed by atoms with Crippen molar-refractivity contribution < 1.29 is 9.47 Å². The Labute approximate surface area is 115 Å². The summed E-state index contributed by atoms with van der Waals surface area (Å²) in [5.41, 5.74) is 8.99. The van der Waals surface area contributed by atoms with Crippen molar-refractivity contribution >= 4 is 0 Å². The van der Waals surface area contributed by atoms with E-state index >= 15 is 0 Å². The van der Waals surface area contributed by atoms with E-state index in [0.29, 0.717) is 5.92 Å². The van der Waals surface area contributed by atoms with Gasteiger partial charge in [-0.05, 0) is 48.4 Å². The Morgan fingerprint density at radius 1 is 1.16 bits per heavy atom. The minimum Gasteiger partial charge on any atom is -0.490 e. The minimum absolute atomic E-state index is 0.0312. The van der Waals surface area contributed by atoms with Crippen LogP contribution in [-0.4, -0.2) is 18.8 Å². The molecule has 1 heterocycles. The van der Waals surface area contributed by atoms with Gasteiger partial charge >= 0.3 is 0 Å². The van der Waals surface area contributed by atoms with Crippen molar-refractivity contribution in [3.8, 4) is 11.5 Å². The lowest BCUT2D eigenvalue weighted by Gasteiger charge is -2.19. The fraction of sp³-hybridized carbons (Fsp3) is 0.625. The average molecular weight is 261 g/mol. The molecule has 1 aromatic rings. The number of ether oxygens (including phenoxy) is 2. The second kappa shape index (κ2) is 4.71. The summed E-state index contributed by atoms with van der Waals surface area (Å²) in [4.78, 5) is 0. The fourth-order valence-electron chi connectivity index (χ4n) is 2.67. The van der Waals surface area contributed by atoms with E-state index in [1.165, 1.54) is 11.1 Å². The highest BCUT2D eigenvalue weighted by atomic mass is 16.5. The number of rotatable bonds is 3. The van der Waals surface area contributed by atoms with Gasteiger partial charge in [-0.25, -0.2) is 0 Å². The number of hydrogen-bond acceptors (Lipinski definition) is 3. The van der Waals surface area contributed by atoms with Crippen molar-refractivity contribution in [1.82, 2.24) is 0 Å². The monoisotopic (exact) mass is 261 g/mol. The molecule has 1 aliphatic heterocycles. The molecule has 0 amide bonds. The van der Waals surface area contributed by atoms with Crippen LogP contribution < -0.4 is 15.2 Å². The Kier molecular flexibility index (Phi) is 3.17. The molecule has 104 valence electrons. The molecule has 2 aliphatic rings. The summed E-state index contributed by atoms with van der Waals surface area (Å²) in [5, 5.41) is 0. The number of nitrogens with two attached hydrogens (primary N) is 1. The summed E-state index contributed by atoms with van der Waals surface area (Å²) >= 11 is 0. The molecular formula is C16H23NO2. The Bertz CT molecular complexity index is 478. The van der Waals surface area contributed by atoms with Crippen molar-refractivity contribution in [2.75, 3.05) is 13.2 Å². The molecule has 1 saturated carbocycles. The molecule has 0 atom stereocenters. The smallest absolute Gasteiger partial charge is 0.161 e. The third kappa shape index (κ3) is 2.71. The van der Waals surface area contributed by atoms with Gasteiger partial charge in [-0.1, -0.05) is 13.8 Å². The molecule has 0 saturated heterocycles. The van der Waals surface area contributed by atoms with Crippen LogP contribution in [0, 0.1) is 0 Å². The summed E-state index contributed by atoms with van der Waals surface area (Å²) in [5.74, 6) is 2.27. The first-order valence-electron chi connectivity index (χ1n) is 7.29. The minimum atomic E-state index is 0.0312. The van der Waals surface area contributed by atoms with Crippen LogP contribution in [0.25, 0.3) is 0 Å². The Morgan fingerprint density at radius 2 is 1.79 bits per heavy atom. The van der Waals surface area contributed by atoms with Gasteiger partial charge < -0.3 is 15.2 Å². The highest BCUT2D eigenvalue weighted by Crippen LogP contribution is 2.41. The lowest BCUT2D eigenvalue weighted by molar-refractivity contribution is 0.297. The van der Waals surface area contributed by atoms with Gasteiger partial charge in [0.25, 0.3) is 0 Å². The number of hydrogen-bond donors (Lipinski definition) is 1. The Hall–Kier alpha value is -1.22. The molecule has 3 rings (SSSR count). The first-order valence-corrected chi connectivity index (χ1v) is 7.29. The number of benzene rings is 1. The molecule has 1 fully saturated rings. The van der Waals surface area contributed by atoms with Crippen LogP contribution in [0.3, 0.4) is 0 Å². The molecule has 3 heteroatoms. The van der Waals surface area contributed by atoms with Gasteiger partial charge in [-0.3, -0.25) is 0 Å². The predicted octanol–water partition coefficient (Wildman–Crippen LogP) is 3.01. The Morgan fingerprint density at radius 3 is 2.37 bits per heavy atom. The summed E-state index contributed by atoms with van der Waals surface area (Å²) in [6, 6.07) is 4.31. The third-order valence-corrected chi connectivity index (χ3v) is 4.07. The quantitative estimate of drug-likeness (QED) is 0.909. The zero-order valence-electron chi connectivity index (χ0n) is 11.9. The van der Waals surface area contributed by atoms with Crippen molar-refractivity contribution in [3.63, 3.8) is 0 Å². The topological polar surface area (TPSA) is 44.5 Å². The van der Waals surface area contributed by atoms with Crippen LogP contribution in [0.15, 0.2) is 12.1 Å². The van der Waals surface area contributed by atoms with Crippen LogP contribution in [0.4, 0.5) is 0 Å². The zero-order valence-corrected chi connectivity index (χ0v) is 11.9. The first-order chi connectivity index (χ1) is 9.07. The highest BCUT2D eigenvalue weighted by Gasteiger charge is 2.39. The van der Waals surface area contributed by atoms with Crippen LogP contribution in [0.2, 0.25) is 0 Å². The van der Waals surface area contributed by atoms with E-state index in [1.54, 1.807) is 0 Å². The molecule has 2 N–H and O–H groups in total. The van der Waals surface area contributed by atoms with E-state index < -0.39 is 0 Å². The molecule has 19 heavy (non-hydrogen) atoms. The lowest BCUT2D eigenvalue weighted by atomic mass is 9.92. The van der Waals surface area contributed by atoms with Crippen molar-refractivity contribution in [2.45, 2.75) is 51.0 Å². The van der Waals surface area contributed by atoms with Crippen molar-refractivity contribution in [2.24, 2.45) is 5.73 Å². The zero-order chi connectivity index (χ0) is 13.5. The molecule has 3 nitrogen and oxygen atoms in total. The molecule has 0 spiro atoms. The largest absolute Gasteiger partial charge is 0.490 e. The second-order valence-electron chi connectivity index (χ2n) is 6.24. The second-order valence-corrected chi connectivity index (χ2v) is 6.24. The predicted molar refractivity (Wildman–Crippen MR) is 76.0 cm³/mol. The third-order valence-electron chi connectivity index (χ3n) is 4.07. The first kappa shape index (κ1) is 12.8. The average Bonchev–Trinajstić information content (AvgIpc) is 3.11. The van der Waals surface area contributed by atoms with Crippen LogP contribution in [0.1, 0.15) is 50.2 Å².